The molecule has 3 nitrogen and oxygen atoms in total. The monoisotopic (exact) mass is 229 g/mol. The summed E-state index contributed by atoms with van der Waals surface area (Å²) < 4.78 is 10.9. The van der Waals surface area contributed by atoms with Gasteiger partial charge in [-0.05, 0) is 31.6 Å². The Balaban J connectivity index is 2.20. The first kappa shape index (κ1) is 13.9. The largest absolute Gasteiger partial charge is 0.385 e. The van der Waals surface area contributed by atoms with Crippen LogP contribution in [0.5, 0.6) is 0 Å². The smallest absolute Gasteiger partial charge is 0.0639 e. The van der Waals surface area contributed by atoms with Crippen LogP contribution in [0.1, 0.15) is 33.6 Å². The van der Waals surface area contributed by atoms with Crippen LogP contribution in [0.15, 0.2) is 0 Å². The zero-order valence-corrected chi connectivity index (χ0v) is 11.2. The molecule has 1 fully saturated rings. The van der Waals surface area contributed by atoms with Crippen molar-refractivity contribution in [2.75, 3.05) is 26.9 Å². The van der Waals surface area contributed by atoms with Crippen LogP contribution in [0, 0.1) is 11.8 Å². The third kappa shape index (κ3) is 4.40. The van der Waals surface area contributed by atoms with E-state index in [0.29, 0.717) is 24.0 Å². The maximum atomic E-state index is 5.78. The van der Waals surface area contributed by atoms with E-state index in [1.54, 1.807) is 7.11 Å². The summed E-state index contributed by atoms with van der Waals surface area (Å²) in [5.74, 6) is 1.31. The van der Waals surface area contributed by atoms with E-state index in [4.69, 9.17) is 9.47 Å². The fourth-order valence-corrected chi connectivity index (χ4v) is 2.36. The second-order valence-electron chi connectivity index (χ2n) is 5.22. The molecule has 0 saturated carbocycles. The first-order valence-corrected chi connectivity index (χ1v) is 6.49. The minimum absolute atomic E-state index is 0.446. The van der Waals surface area contributed by atoms with Gasteiger partial charge in [-0.3, -0.25) is 0 Å². The summed E-state index contributed by atoms with van der Waals surface area (Å²) in [6, 6.07) is 0.536. The molecule has 0 bridgehead atoms. The van der Waals surface area contributed by atoms with Gasteiger partial charge in [-0.2, -0.15) is 0 Å². The van der Waals surface area contributed by atoms with Crippen LogP contribution >= 0.6 is 0 Å². The molecule has 0 aromatic carbocycles. The van der Waals surface area contributed by atoms with Crippen LogP contribution in [0.25, 0.3) is 0 Å². The molecule has 0 aromatic rings. The fourth-order valence-electron chi connectivity index (χ4n) is 2.36. The van der Waals surface area contributed by atoms with Gasteiger partial charge < -0.3 is 14.8 Å². The minimum atomic E-state index is 0.446. The summed E-state index contributed by atoms with van der Waals surface area (Å²) >= 11 is 0. The van der Waals surface area contributed by atoms with Gasteiger partial charge in [-0.15, -0.1) is 0 Å². The van der Waals surface area contributed by atoms with Crippen LogP contribution in [0.3, 0.4) is 0 Å². The van der Waals surface area contributed by atoms with Crippen molar-refractivity contribution in [3.63, 3.8) is 0 Å². The zero-order chi connectivity index (χ0) is 12.0. The van der Waals surface area contributed by atoms with E-state index in [0.717, 1.165) is 26.2 Å². The summed E-state index contributed by atoms with van der Waals surface area (Å²) in [5.41, 5.74) is 0. The van der Waals surface area contributed by atoms with Crippen molar-refractivity contribution in [3.05, 3.63) is 0 Å². The van der Waals surface area contributed by atoms with Gasteiger partial charge in [0.25, 0.3) is 0 Å². The average Bonchev–Trinajstić information content (AvgIpc) is 2.71. The predicted molar refractivity (Wildman–Crippen MR) is 66.6 cm³/mol. The van der Waals surface area contributed by atoms with E-state index < -0.39 is 0 Å². The molecule has 0 radical (unpaired) electrons. The van der Waals surface area contributed by atoms with Gasteiger partial charge in [0, 0.05) is 32.9 Å². The third-order valence-corrected chi connectivity index (χ3v) is 3.40. The van der Waals surface area contributed by atoms with Crippen LogP contribution in [-0.2, 0) is 9.47 Å². The predicted octanol–water partition coefficient (Wildman–Crippen LogP) is 2.06. The molecule has 0 amide bonds. The van der Waals surface area contributed by atoms with Crippen molar-refractivity contribution in [2.24, 2.45) is 11.8 Å². The number of ether oxygens (including phenoxy) is 2. The summed E-state index contributed by atoms with van der Waals surface area (Å²) in [6.45, 7) is 9.56. The lowest BCUT2D eigenvalue weighted by Crippen LogP contribution is -2.36. The molecule has 0 aromatic heterocycles. The quantitative estimate of drug-likeness (QED) is 0.725. The number of rotatable bonds is 7. The molecule has 0 spiro atoms. The standard InChI is InChI=1S/C13H27NO2/c1-10(2)13-12(6-8-16-13)9-14-11(3)5-7-15-4/h10-14H,5-9H2,1-4H3/t11-,12+,13+/m0/s1. The molecule has 0 aliphatic carbocycles. The molecule has 96 valence electrons. The summed E-state index contributed by atoms with van der Waals surface area (Å²) in [5, 5.41) is 3.58. The van der Waals surface area contributed by atoms with Crippen molar-refractivity contribution in [2.45, 2.75) is 45.8 Å². The highest BCUT2D eigenvalue weighted by Crippen LogP contribution is 2.26. The van der Waals surface area contributed by atoms with Gasteiger partial charge in [-0.25, -0.2) is 0 Å². The van der Waals surface area contributed by atoms with E-state index in [1.807, 2.05) is 0 Å². The van der Waals surface area contributed by atoms with Gasteiger partial charge in [0.05, 0.1) is 6.10 Å². The Labute approximate surface area is 99.9 Å². The summed E-state index contributed by atoms with van der Waals surface area (Å²) in [6.07, 6.45) is 2.73. The third-order valence-electron chi connectivity index (χ3n) is 3.40. The molecule has 1 aliphatic rings. The van der Waals surface area contributed by atoms with Gasteiger partial charge in [0.1, 0.15) is 0 Å². The lowest BCUT2D eigenvalue weighted by molar-refractivity contribution is 0.0532. The molecule has 3 atom stereocenters. The Morgan fingerprint density at radius 1 is 1.38 bits per heavy atom. The Kier molecular flexibility index (Phi) is 6.32. The highest BCUT2D eigenvalue weighted by Gasteiger charge is 2.30. The number of methoxy groups -OCH3 is 1. The second-order valence-corrected chi connectivity index (χ2v) is 5.22. The molecule has 1 saturated heterocycles. The molecular formula is C13H27NO2. The SMILES string of the molecule is COCC[C@H](C)NC[C@H]1CCO[C@@H]1C(C)C. The normalized spacial score (nSPS) is 27.6. The fraction of sp³-hybridized carbons (Fsp3) is 1.00. The highest BCUT2D eigenvalue weighted by atomic mass is 16.5. The number of hydrogen-bond acceptors (Lipinski definition) is 3. The average molecular weight is 229 g/mol. The molecular weight excluding hydrogens is 202 g/mol. The van der Waals surface area contributed by atoms with E-state index in [1.165, 1.54) is 6.42 Å². The maximum absolute atomic E-state index is 5.78. The minimum Gasteiger partial charge on any atom is -0.385 e. The van der Waals surface area contributed by atoms with Gasteiger partial charge in [-0.1, -0.05) is 13.8 Å². The van der Waals surface area contributed by atoms with Gasteiger partial charge in [0.15, 0.2) is 0 Å². The molecule has 1 N–H and O–H groups in total. The van der Waals surface area contributed by atoms with Crippen LogP contribution in [0.4, 0.5) is 0 Å². The lowest BCUT2D eigenvalue weighted by atomic mass is 9.93. The second kappa shape index (κ2) is 7.25. The number of nitrogens with one attached hydrogen (secondary N) is 1. The first-order valence-electron chi connectivity index (χ1n) is 6.49. The molecule has 1 aliphatic heterocycles. The van der Waals surface area contributed by atoms with E-state index >= 15 is 0 Å². The van der Waals surface area contributed by atoms with Crippen LogP contribution < -0.4 is 5.32 Å². The van der Waals surface area contributed by atoms with Crippen molar-refractivity contribution >= 4 is 0 Å². The Bertz CT molecular complexity index is 185. The highest BCUT2D eigenvalue weighted by molar-refractivity contribution is 4.81. The van der Waals surface area contributed by atoms with Crippen LogP contribution in [-0.4, -0.2) is 39.0 Å². The molecule has 0 unspecified atom stereocenters. The van der Waals surface area contributed by atoms with Crippen molar-refractivity contribution in [1.82, 2.24) is 5.32 Å². The Morgan fingerprint density at radius 2 is 2.12 bits per heavy atom. The Hall–Kier alpha value is -0.120. The summed E-state index contributed by atoms with van der Waals surface area (Å²) in [7, 11) is 1.76. The molecule has 1 rings (SSSR count). The first-order chi connectivity index (χ1) is 7.65. The summed E-state index contributed by atoms with van der Waals surface area (Å²) in [4.78, 5) is 0. The van der Waals surface area contributed by atoms with Gasteiger partial charge in [0.2, 0.25) is 0 Å². The van der Waals surface area contributed by atoms with Gasteiger partial charge >= 0.3 is 0 Å². The molecule has 16 heavy (non-hydrogen) atoms. The van der Waals surface area contributed by atoms with Crippen LogP contribution in [0.2, 0.25) is 0 Å². The molecule has 3 heteroatoms. The topological polar surface area (TPSA) is 30.5 Å². The number of hydrogen-bond donors (Lipinski definition) is 1. The lowest BCUT2D eigenvalue weighted by Gasteiger charge is -2.24. The Morgan fingerprint density at radius 3 is 2.75 bits per heavy atom. The molecule has 1 heterocycles. The van der Waals surface area contributed by atoms with Crippen molar-refractivity contribution in [1.29, 1.82) is 0 Å². The zero-order valence-electron chi connectivity index (χ0n) is 11.2. The van der Waals surface area contributed by atoms with Crippen molar-refractivity contribution in [3.8, 4) is 0 Å². The van der Waals surface area contributed by atoms with E-state index in [2.05, 4.69) is 26.1 Å². The van der Waals surface area contributed by atoms with E-state index in [-0.39, 0.29) is 0 Å². The van der Waals surface area contributed by atoms with E-state index in [9.17, 15) is 0 Å². The van der Waals surface area contributed by atoms with Crippen molar-refractivity contribution < 1.29 is 9.47 Å². The maximum Gasteiger partial charge on any atom is 0.0639 e.